The lowest BCUT2D eigenvalue weighted by atomic mass is 9.94. The fraction of sp³-hybridized carbons (Fsp3) is 0.500. The molecular formula is C18H22N2O4. The number of rotatable bonds is 5. The van der Waals surface area contributed by atoms with Crippen molar-refractivity contribution >= 4 is 17.8 Å². The highest BCUT2D eigenvalue weighted by molar-refractivity contribution is 6.04. The Hall–Kier alpha value is -2.37. The highest BCUT2D eigenvalue weighted by atomic mass is 16.4. The van der Waals surface area contributed by atoms with Crippen LogP contribution in [-0.4, -0.2) is 40.9 Å². The molecule has 2 aliphatic rings. The monoisotopic (exact) mass is 330 g/mol. The minimum atomic E-state index is -1.18. The van der Waals surface area contributed by atoms with Gasteiger partial charge in [-0.1, -0.05) is 30.3 Å². The van der Waals surface area contributed by atoms with E-state index < -0.39 is 11.4 Å². The molecule has 1 saturated carbocycles. The molecule has 1 heterocycles. The van der Waals surface area contributed by atoms with Crippen LogP contribution in [0.3, 0.4) is 0 Å². The van der Waals surface area contributed by atoms with Crippen LogP contribution in [0.4, 0.5) is 0 Å². The molecule has 0 bridgehead atoms. The summed E-state index contributed by atoms with van der Waals surface area (Å²) in [4.78, 5) is 37.5. The fourth-order valence-electron chi connectivity index (χ4n) is 3.22. The minimum absolute atomic E-state index is 0.00493. The molecule has 2 amide bonds. The summed E-state index contributed by atoms with van der Waals surface area (Å²) in [5.74, 6) is -1.41. The Balaban J connectivity index is 1.47. The van der Waals surface area contributed by atoms with Crippen LogP contribution in [0, 0.1) is 11.3 Å². The zero-order chi connectivity index (χ0) is 17.2. The second-order valence-corrected chi connectivity index (χ2v) is 6.66. The number of carboxylic acids is 1. The van der Waals surface area contributed by atoms with Crippen molar-refractivity contribution in [2.24, 2.45) is 11.3 Å². The predicted molar refractivity (Wildman–Crippen MR) is 86.9 cm³/mol. The van der Waals surface area contributed by atoms with Crippen LogP contribution in [-0.2, 0) is 20.9 Å². The maximum atomic E-state index is 12.4. The summed E-state index contributed by atoms with van der Waals surface area (Å²) in [5.41, 5.74) is -0.127. The third-order valence-electron chi connectivity index (χ3n) is 5.03. The standard InChI is InChI=1S/C18H22N2O4/c21-15(19-12-13-4-2-1-3-5-13)14-6-10-20(11-7-14)16(22)18(8-9-18)17(23)24/h1-5,14H,6-12H2,(H,19,21)(H,23,24). The van der Waals surface area contributed by atoms with Gasteiger partial charge in [0.25, 0.3) is 0 Å². The molecule has 0 unspecified atom stereocenters. The highest BCUT2D eigenvalue weighted by Crippen LogP contribution is 2.47. The van der Waals surface area contributed by atoms with E-state index in [1.807, 2.05) is 30.3 Å². The van der Waals surface area contributed by atoms with Crippen LogP contribution in [0.5, 0.6) is 0 Å². The second-order valence-electron chi connectivity index (χ2n) is 6.66. The molecule has 128 valence electrons. The van der Waals surface area contributed by atoms with Crippen LogP contribution in [0.25, 0.3) is 0 Å². The highest BCUT2D eigenvalue weighted by Gasteiger charge is 2.58. The van der Waals surface area contributed by atoms with E-state index in [2.05, 4.69) is 5.32 Å². The molecule has 0 radical (unpaired) electrons. The number of carboxylic acid groups (broad SMARTS) is 1. The van der Waals surface area contributed by atoms with Crippen molar-refractivity contribution in [2.45, 2.75) is 32.2 Å². The molecule has 0 aromatic heterocycles. The molecule has 2 fully saturated rings. The molecule has 0 atom stereocenters. The summed E-state index contributed by atoms with van der Waals surface area (Å²) in [6, 6.07) is 9.72. The maximum absolute atomic E-state index is 12.4. The van der Waals surface area contributed by atoms with Gasteiger partial charge in [-0.25, -0.2) is 0 Å². The molecular weight excluding hydrogens is 308 g/mol. The fourth-order valence-corrected chi connectivity index (χ4v) is 3.22. The van der Waals surface area contributed by atoms with Crippen molar-refractivity contribution in [3.05, 3.63) is 35.9 Å². The largest absolute Gasteiger partial charge is 0.480 e. The number of nitrogens with one attached hydrogen (secondary N) is 1. The van der Waals surface area contributed by atoms with E-state index >= 15 is 0 Å². The molecule has 1 aliphatic heterocycles. The summed E-state index contributed by atoms with van der Waals surface area (Å²) in [5, 5.41) is 12.1. The summed E-state index contributed by atoms with van der Waals surface area (Å²) >= 11 is 0. The SMILES string of the molecule is O=C(NCc1ccccc1)C1CCN(C(=O)C2(C(=O)O)CC2)CC1. The molecule has 0 spiro atoms. The Bertz CT molecular complexity index is 632. The maximum Gasteiger partial charge on any atom is 0.319 e. The summed E-state index contributed by atoms with van der Waals surface area (Å²) in [6.07, 6.45) is 2.03. The van der Waals surface area contributed by atoms with Crippen molar-refractivity contribution in [3.8, 4) is 0 Å². The first-order valence-electron chi connectivity index (χ1n) is 8.37. The minimum Gasteiger partial charge on any atom is -0.480 e. The zero-order valence-corrected chi connectivity index (χ0v) is 13.5. The topological polar surface area (TPSA) is 86.7 Å². The molecule has 24 heavy (non-hydrogen) atoms. The number of amides is 2. The van der Waals surface area contributed by atoms with E-state index in [-0.39, 0.29) is 17.7 Å². The first kappa shape index (κ1) is 16.5. The molecule has 2 N–H and O–H groups in total. The van der Waals surface area contributed by atoms with E-state index in [0.717, 1.165) is 5.56 Å². The van der Waals surface area contributed by atoms with Crippen molar-refractivity contribution in [1.29, 1.82) is 0 Å². The van der Waals surface area contributed by atoms with Crippen LogP contribution in [0.2, 0.25) is 0 Å². The van der Waals surface area contributed by atoms with Crippen molar-refractivity contribution < 1.29 is 19.5 Å². The Labute approximate surface area is 140 Å². The van der Waals surface area contributed by atoms with E-state index in [9.17, 15) is 19.5 Å². The van der Waals surface area contributed by atoms with E-state index in [1.54, 1.807) is 4.90 Å². The molecule has 1 aromatic carbocycles. The van der Waals surface area contributed by atoms with E-state index in [0.29, 0.717) is 45.3 Å². The van der Waals surface area contributed by atoms with Gasteiger partial charge in [-0.3, -0.25) is 14.4 Å². The third-order valence-corrected chi connectivity index (χ3v) is 5.03. The third kappa shape index (κ3) is 3.27. The molecule has 1 saturated heterocycles. The zero-order valence-electron chi connectivity index (χ0n) is 13.5. The Morgan fingerprint density at radius 3 is 2.29 bits per heavy atom. The first-order valence-corrected chi connectivity index (χ1v) is 8.37. The van der Waals surface area contributed by atoms with Gasteiger partial charge in [0, 0.05) is 25.6 Å². The lowest BCUT2D eigenvalue weighted by Gasteiger charge is -2.33. The van der Waals surface area contributed by atoms with E-state index in [1.165, 1.54) is 0 Å². The smallest absolute Gasteiger partial charge is 0.319 e. The van der Waals surface area contributed by atoms with Crippen LogP contribution >= 0.6 is 0 Å². The number of hydrogen-bond donors (Lipinski definition) is 2. The van der Waals surface area contributed by atoms with Crippen molar-refractivity contribution in [3.63, 3.8) is 0 Å². The quantitative estimate of drug-likeness (QED) is 0.799. The summed E-state index contributed by atoms with van der Waals surface area (Å²) in [6.45, 7) is 1.41. The van der Waals surface area contributed by atoms with Gasteiger partial charge in [-0.05, 0) is 31.2 Å². The van der Waals surface area contributed by atoms with Gasteiger partial charge in [0.05, 0.1) is 0 Å². The summed E-state index contributed by atoms with van der Waals surface area (Å²) in [7, 11) is 0. The average molecular weight is 330 g/mol. The van der Waals surface area contributed by atoms with Crippen molar-refractivity contribution in [2.75, 3.05) is 13.1 Å². The van der Waals surface area contributed by atoms with Gasteiger partial charge in [0.15, 0.2) is 0 Å². The van der Waals surface area contributed by atoms with Gasteiger partial charge in [-0.15, -0.1) is 0 Å². The molecule has 1 aliphatic carbocycles. The number of aliphatic carboxylic acids is 1. The van der Waals surface area contributed by atoms with Gasteiger partial charge < -0.3 is 15.3 Å². The Morgan fingerprint density at radius 2 is 1.75 bits per heavy atom. The number of carbonyl (C=O) groups is 3. The normalized spacial score (nSPS) is 19.6. The number of likely N-dealkylation sites (tertiary alicyclic amines) is 1. The van der Waals surface area contributed by atoms with Crippen LogP contribution < -0.4 is 5.32 Å². The molecule has 3 rings (SSSR count). The molecule has 6 nitrogen and oxygen atoms in total. The summed E-state index contributed by atoms with van der Waals surface area (Å²) < 4.78 is 0. The average Bonchev–Trinajstić information content (AvgIpc) is 3.42. The Morgan fingerprint density at radius 1 is 1.12 bits per heavy atom. The number of carbonyl (C=O) groups excluding carboxylic acids is 2. The molecule has 6 heteroatoms. The number of benzene rings is 1. The van der Waals surface area contributed by atoms with Crippen molar-refractivity contribution in [1.82, 2.24) is 10.2 Å². The van der Waals surface area contributed by atoms with Crippen LogP contribution in [0.1, 0.15) is 31.2 Å². The lowest BCUT2D eigenvalue weighted by molar-refractivity contribution is -0.154. The van der Waals surface area contributed by atoms with Gasteiger partial charge in [0.1, 0.15) is 5.41 Å². The predicted octanol–water partition coefficient (Wildman–Crippen LogP) is 1.41. The van der Waals surface area contributed by atoms with E-state index in [4.69, 9.17) is 0 Å². The van der Waals surface area contributed by atoms with Crippen LogP contribution in [0.15, 0.2) is 30.3 Å². The second kappa shape index (κ2) is 6.63. The number of hydrogen-bond acceptors (Lipinski definition) is 3. The van der Waals surface area contributed by atoms with Gasteiger partial charge in [-0.2, -0.15) is 0 Å². The number of piperidine rings is 1. The Kier molecular flexibility index (Phi) is 4.55. The molecule has 1 aromatic rings. The number of nitrogens with zero attached hydrogens (tertiary/aromatic N) is 1. The van der Waals surface area contributed by atoms with Gasteiger partial charge in [0.2, 0.25) is 11.8 Å². The first-order chi connectivity index (χ1) is 11.5. The lowest BCUT2D eigenvalue weighted by Crippen LogP contribution is -2.47. The van der Waals surface area contributed by atoms with Gasteiger partial charge >= 0.3 is 5.97 Å².